The number of benzene rings is 3. The molecule has 0 spiro atoms. The fraction of sp³-hybridized carbons (Fsp3) is 0.341. The minimum Gasteiger partial charge on any atom is -0.479 e. The Hall–Kier alpha value is -6.28. The van der Waals surface area contributed by atoms with E-state index in [-0.39, 0.29) is 29.9 Å². The summed E-state index contributed by atoms with van der Waals surface area (Å²) in [5.41, 5.74) is 5.37. The summed E-state index contributed by atoms with van der Waals surface area (Å²) in [6, 6.07) is 17.2. The number of hydrogen-bond acceptors (Lipinski definition) is 6. The Morgan fingerprint density at radius 2 is 1.66 bits per heavy atom. The van der Waals surface area contributed by atoms with Crippen LogP contribution in [0.15, 0.2) is 78.0 Å². The van der Waals surface area contributed by atoms with Crippen LogP contribution in [0.2, 0.25) is 0 Å². The molecule has 7 aromatic rings. The van der Waals surface area contributed by atoms with Crippen LogP contribution >= 0.6 is 0 Å². The van der Waals surface area contributed by atoms with Crippen molar-refractivity contribution >= 4 is 33.7 Å². The smallest absolute Gasteiger partial charge is 0.337 e. The highest BCUT2D eigenvalue weighted by molar-refractivity contribution is 6.01. The SMILES string of the molecule is Cc1cc(-c2nn3c(c2-n2ccn(-c4ccc5c(cnn5C)c4)c2=O)CN(C(=O)c2cc4cc(C5CCOCC5)ccc4n2[C@@]2(C(=O)O)C[C@@H]2C)CC3)cc(C)c1F. The maximum atomic E-state index is 15.0. The Bertz CT molecular complexity index is 2880. The molecule has 3 aliphatic rings. The number of aliphatic carboxylic acids is 1. The lowest BCUT2D eigenvalue weighted by molar-refractivity contribution is -0.142. The van der Waals surface area contributed by atoms with E-state index in [1.54, 1.807) is 67.9 Å². The van der Waals surface area contributed by atoms with E-state index in [4.69, 9.17) is 9.84 Å². The van der Waals surface area contributed by atoms with E-state index >= 15 is 0 Å². The number of carboxylic acids is 1. The van der Waals surface area contributed by atoms with Crippen LogP contribution in [0.4, 0.5) is 4.39 Å². The summed E-state index contributed by atoms with van der Waals surface area (Å²) in [5, 5.41) is 21.7. The summed E-state index contributed by atoms with van der Waals surface area (Å²) in [4.78, 5) is 44.2. The standard InChI is InChI=1S/C44H43FN8O5/c1-25-17-31(18-26(2)38(25)45)39-40(51-13-12-50(43(51)57)33-6-8-34-32(20-33)23-46-48(34)4)37-24-49(11-14-52(37)47-39)41(54)36-21-30-19-29(28-9-15-58-16-10-28)5-7-35(30)53(36)44(42(55)56)22-27(44)3/h5-8,12-13,17-21,23,27-28H,9-11,14-16,22,24H2,1-4H3,(H,55,56)/t27-,44-/m0/s1. The number of carbonyl (C=O) groups is 2. The fourth-order valence-electron chi connectivity index (χ4n) is 9.43. The van der Waals surface area contributed by atoms with Crippen LogP contribution in [0.1, 0.15) is 65.0 Å². The Morgan fingerprint density at radius 1 is 0.931 bits per heavy atom. The third-order valence-electron chi connectivity index (χ3n) is 12.8. The number of fused-ring (bicyclic) bond motifs is 3. The van der Waals surface area contributed by atoms with Crippen LogP contribution in [0, 0.1) is 25.6 Å². The number of carboxylic acid groups (broad SMARTS) is 1. The number of halogens is 1. The van der Waals surface area contributed by atoms with Gasteiger partial charge in [-0.25, -0.2) is 14.0 Å². The number of aromatic nitrogens is 7. The van der Waals surface area contributed by atoms with Crippen molar-refractivity contribution in [3.05, 3.63) is 118 Å². The van der Waals surface area contributed by atoms with Crippen LogP contribution in [0.5, 0.6) is 0 Å². The third kappa shape index (κ3) is 5.41. The molecular weight excluding hydrogens is 740 g/mol. The van der Waals surface area contributed by atoms with E-state index in [1.807, 2.05) is 49.0 Å². The Morgan fingerprint density at radius 3 is 2.38 bits per heavy atom. The van der Waals surface area contributed by atoms with Crippen molar-refractivity contribution in [2.45, 2.75) is 64.6 Å². The number of ether oxygens (including phenoxy) is 1. The lowest BCUT2D eigenvalue weighted by Crippen LogP contribution is -2.41. The van der Waals surface area contributed by atoms with Crippen molar-refractivity contribution < 1.29 is 23.8 Å². The van der Waals surface area contributed by atoms with Gasteiger partial charge in [0.15, 0.2) is 0 Å². The van der Waals surface area contributed by atoms with E-state index in [0.717, 1.165) is 40.2 Å². The van der Waals surface area contributed by atoms with Gasteiger partial charge in [0, 0.05) is 61.1 Å². The Balaban J connectivity index is 1.09. The first-order chi connectivity index (χ1) is 27.9. The number of aryl methyl sites for hydroxylation is 3. The molecule has 0 unspecified atom stereocenters. The van der Waals surface area contributed by atoms with Crippen LogP contribution in [-0.2, 0) is 35.2 Å². The highest BCUT2D eigenvalue weighted by Crippen LogP contribution is 2.53. The molecule has 2 atom stereocenters. The largest absolute Gasteiger partial charge is 0.479 e. The lowest BCUT2D eigenvalue weighted by Gasteiger charge is -2.29. The zero-order valence-corrected chi connectivity index (χ0v) is 32.8. The first-order valence-electron chi connectivity index (χ1n) is 19.8. The summed E-state index contributed by atoms with van der Waals surface area (Å²) in [6.07, 6.45) is 7.38. The maximum absolute atomic E-state index is 15.0. The molecule has 2 aliphatic heterocycles. The zero-order chi connectivity index (χ0) is 40.2. The van der Waals surface area contributed by atoms with Gasteiger partial charge >= 0.3 is 11.7 Å². The Kier molecular flexibility index (Phi) is 8.17. The average Bonchev–Trinajstić information content (AvgIpc) is 3.64. The number of nitrogens with zero attached hydrogens (tertiary/aromatic N) is 8. The maximum Gasteiger partial charge on any atom is 0.337 e. The van der Waals surface area contributed by atoms with Crippen LogP contribution in [0.25, 0.3) is 44.4 Å². The second-order valence-electron chi connectivity index (χ2n) is 16.3. The topological polar surface area (TPSA) is 134 Å². The van der Waals surface area contributed by atoms with Gasteiger partial charge in [-0.1, -0.05) is 13.0 Å². The van der Waals surface area contributed by atoms with Gasteiger partial charge in [0.2, 0.25) is 0 Å². The average molecular weight is 783 g/mol. The molecule has 58 heavy (non-hydrogen) atoms. The molecule has 296 valence electrons. The van der Waals surface area contributed by atoms with E-state index in [0.29, 0.717) is 83.8 Å². The summed E-state index contributed by atoms with van der Waals surface area (Å²) in [7, 11) is 1.86. The molecule has 0 radical (unpaired) electrons. The minimum absolute atomic E-state index is 0.101. The van der Waals surface area contributed by atoms with Crippen LogP contribution in [-0.4, -0.2) is 74.9 Å². The number of hydrogen-bond donors (Lipinski definition) is 1. The van der Waals surface area contributed by atoms with Gasteiger partial charge in [-0.05, 0) is 110 Å². The minimum atomic E-state index is -1.24. The first kappa shape index (κ1) is 36.1. The van der Waals surface area contributed by atoms with Crippen LogP contribution < -0.4 is 5.69 Å². The quantitative estimate of drug-likeness (QED) is 0.196. The van der Waals surface area contributed by atoms with Gasteiger partial charge in [0.25, 0.3) is 5.91 Å². The van der Waals surface area contributed by atoms with Crippen molar-refractivity contribution in [2.75, 3.05) is 19.8 Å². The first-order valence-corrected chi connectivity index (χ1v) is 19.8. The molecule has 14 heteroatoms. The zero-order valence-electron chi connectivity index (χ0n) is 32.8. The summed E-state index contributed by atoms with van der Waals surface area (Å²) >= 11 is 0. The summed E-state index contributed by atoms with van der Waals surface area (Å²) in [6.45, 7) is 7.44. The third-order valence-corrected chi connectivity index (χ3v) is 12.8. The van der Waals surface area contributed by atoms with Crippen LogP contribution in [0.3, 0.4) is 0 Å². The molecule has 2 fully saturated rings. The lowest BCUT2D eigenvalue weighted by atomic mass is 9.91. The van der Waals surface area contributed by atoms with Crippen molar-refractivity contribution in [1.82, 2.24) is 38.2 Å². The second-order valence-corrected chi connectivity index (χ2v) is 16.3. The highest BCUT2D eigenvalue weighted by Gasteiger charge is 2.61. The van der Waals surface area contributed by atoms with Crippen molar-refractivity contribution in [3.8, 4) is 22.6 Å². The second kappa shape index (κ2) is 13.1. The number of imidazole rings is 1. The van der Waals surface area contributed by atoms with E-state index < -0.39 is 11.5 Å². The monoisotopic (exact) mass is 782 g/mol. The normalized spacial score (nSPS) is 19.6. The molecule has 1 saturated heterocycles. The molecule has 3 aromatic carbocycles. The van der Waals surface area contributed by atoms with Gasteiger partial charge in [-0.3, -0.25) is 23.3 Å². The number of rotatable bonds is 7. The van der Waals surface area contributed by atoms with E-state index in [2.05, 4.69) is 17.2 Å². The summed E-state index contributed by atoms with van der Waals surface area (Å²) in [5.74, 6) is -1.41. The fourth-order valence-corrected chi connectivity index (χ4v) is 9.43. The van der Waals surface area contributed by atoms with Gasteiger partial charge in [0.05, 0.1) is 36.2 Å². The van der Waals surface area contributed by atoms with Crippen molar-refractivity contribution in [3.63, 3.8) is 0 Å². The van der Waals surface area contributed by atoms with E-state index in [9.17, 15) is 23.9 Å². The predicted octanol–water partition coefficient (Wildman–Crippen LogP) is 6.46. The molecule has 1 saturated carbocycles. The molecule has 6 heterocycles. The van der Waals surface area contributed by atoms with Crippen molar-refractivity contribution in [2.24, 2.45) is 13.0 Å². The van der Waals surface area contributed by atoms with Gasteiger partial charge < -0.3 is 19.3 Å². The number of carbonyl (C=O) groups excluding carboxylic acids is 1. The summed E-state index contributed by atoms with van der Waals surface area (Å²) < 4.78 is 29.0. The molecule has 1 N–H and O–H groups in total. The molecule has 1 aliphatic carbocycles. The highest BCUT2D eigenvalue weighted by atomic mass is 19.1. The van der Waals surface area contributed by atoms with Gasteiger partial charge in [-0.15, -0.1) is 0 Å². The van der Waals surface area contributed by atoms with Gasteiger partial charge in [0.1, 0.15) is 28.4 Å². The molecule has 13 nitrogen and oxygen atoms in total. The predicted molar refractivity (Wildman–Crippen MR) is 215 cm³/mol. The van der Waals surface area contributed by atoms with Crippen molar-refractivity contribution in [1.29, 1.82) is 0 Å². The molecule has 10 rings (SSSR count). The molecule has 0 bridgehead atoms. The molecule has 1 amide bonds. The number of amides is 1. The Labute approximate surface area is 332 Å². The molecule has 4 aromatic heterocycles. The van der Waals surface area contributed by atoms with E-state index in [1.165, 1.54) is 0 Å². The molecular formula is C44H43FN8O5. The van der Waals surface area contributed by atoms with Gasteiger partial charge in [-0.2, -0.15) is 10.2 Å².